The minimum Gasteiger partial charge on any atom is -0.358 e. The molecule has 0 radical (unpaired) electrons. The number of aromatic amines is 1. The van der Waals surface area contributed by atoms with E-state index >= 15 is 0 Å². The lowest BCUT2D eigenvalue weighted by atomic mass is 10.1. The fourth-order valence-electron chi connectivity index (χ4n) is 3.01. The first kappa shape index (κ1) is 15.8. The molecule has 0 saturated carbocycles. The first-order valence-electron chi connectivity index (χ1n) is 8.49. The van der Waals surface area contributed by atoms with Gasteiger partial charge >= 0.3 is 6.03 Å². The molecule has 0 aromatic carbocycles. The van der Waals surface area contributed by atoms with E-state index in [-0.39, 0.29) is 6.03 Å². The lowest BCUT2D eigenvalue weighted by Crippen LogP contribution is -2.46. The third-order valence-corrected chi connectivity index (χ3v) is 4.42. The SMILES string of the molecule is CCCCNC1CCN(C(=O)Nc2c[nH]c3cccnc23)CC1. The largest absolute Gasteiger partial charge is 0.358 e. The number of anilines is 1. The van der Waals surface area contributed by atoms with Crippen LogP contribution in [0.1, 0.15) is 32.6 Å². The van der Waals surface area contributed by atoms with Crippen molar-refractivity contribution >= 4 is 22.8 Å². The summed E-state index contributed by atoms with van der Waals surface area (Å²) < 4.78 is 0. The third-order valence-electron chi connectivity index (χ3n) is 4.42. The maximum absolute atomic E-state index is 12.4. The van der Waals surface area contributed by atoms with Crippen molar-refractivity contribution in [2.45, 2.75) is 38.6 Å². The summed E-state index contributed by atoms with van der Waals surface area (Å²) in [5.74, 6) is 0. The first-order chi connectivity index (χ1) is 11.3. The van der Waals surface area contributed by atoms with Crippen LogP contribution in [0.25, 0.3) is 11.0 Å². The van der Waals surface area contributed by atoms with Gasteiger partial charge in [0.15, 0.2) is 0 Å². The molecule has 1 aliphatic rings. The number of rotatable bonds is 5. The number of carbonyl (C=O) groups is 1. The second-order valence-corrected chi connectivity index (χ2v) is 6.10. The van der Waals surface area contributed by atoms with E-state index < -0.39 is 0 Å². The number of fused-ring (bicyclic) bond motifs is 1. The monoisotopic (exact) mass is 315 g/mol. The number of hydrogen-bond acceptors (Lipinski definition) is 3. The van der Waals surface area contributed by atoms with Gasteiger partial charge in [-0.1, -0.05) is 13.3 Å². The summed E-state index contributed by atoms with van der Waals surface area (Å²) in [6.07, 6.45) is 8.00. The van der Waals surface area contributed by atoms with Crippen LogP contribution < -0.4 is 10.6 Å². The molecule has 3 rings (SSSR count). The van der Waals surface area contributed by atoms with Crippen LogP contribution in [-0.2, 0) is 0 Å². The Morgan fingerprint density at radius 2 is 2.26 bits per heavy atom. The highest BCUT2D eigenvalue weighted by Crippen LogP contribution is 2.21. The van der Waals surface area contributed by atoms with Crippen molar-refractivity contribution in [3.8, 4) is 0 Å². The number of urea groups is 1. The van der Waals surface area contributed by atoms with Crippen molar-refractivity contribution < 1.29 is 4.79 Å². The highest BCUT2D eigenvalue weighted by atomic mass is 16.2. The third kappa shape index (κ3) is 3.82. The minimum absolute atomic E-state index is 0.0384. The number of likely N-dealkylation sites (tertiary alicyclic amines) is 1. The Morgan fingerprint density at radius 3 is 3.04 bits per heavy atom. The average Bonchev–Trinajstić information content (AvgIpc) is 2.99. The molecule has 2 aromatic heterocycles. The normalized spacial score (nSPS) is 16.0. The Labute approximate surface area is 136 Å². The summed E-state index contributed by atoms with van der Waals surface area (Å²) in [6, 6.07) is 4.33. The fraction of sp³-hybridized carbons (Fsp3) is 0.529. The van der Waals surface area contributed by atoms with E-state index in [2.05, 4.69) is 27.5 Å². The number of unbranched alkanes of at least 4 members (excludes halogenated alkanes) is 1. The second-order valence-electron chi connectivity index (χ2n) is 6.10. The summed E-state index contributed by atoms with van der Waals surface area (Å²) in [5, 5.41) is 6.55. The highest BCUT2D eigenvalue weighted by Gasteiger charge is 2.23. The molecule has 23 heavy (non-hydrogen) atoms. The maximum Gasteiger partial charge on any atom is 0.321 e. The zero-order valence-corrected chi connectivity index (χ0v) is 13.6. The first-order valence-corrected chi connectivity index (χ1v) is 8.49. The molecule has 124 valence electrons. The van der Waals surface area contributed by atoms with E-state index in [0.717, 1.165) is 49.2 Å². The van der Waals surface area contributed by atoms with E-state index in [1.54, 1.807) is 12.4 Å². The Bertz CT molecular complexity index is 645. The van der Waals surface area contributed by atoms with Crippen LogP contribution in [0.4, 0.5) is 10.5 Å². The quantitative estimate of drug-likeness (QED) is 0.743. The van der Waals surface area contributed by atoms with Crippen LogP contribution in [0.2, 0.25) is 0 Å². The number of carbonyl (C=O) groups excluding carboxylic acids is 1. The predicted molar refractivity (Wildman–Crippen MR) is 92.6 cm³/mol. The molecule has 6 heteroatoms. The number of hydrogen-bond donors (Lipinski definition) is 3. The Kier molecular flexibility index (Phi) is 5.12. The van der Waals surface area contributed by atoms with Crippen molar-refractivity contribution in [3.05, 3.63) is 24.5 Å². The van der Waals surface area contributed by atoms with Crippen molar-refractivity contribution in [2.24, 2.45) is 0 Å². The number of amides is 2. The summed E-state index contributed by atoms with van der Waals surface area (Å²) >= 11 is 0. The highest BCUT2D eigenvalue weighted by molar-refractivity contribution is 5.98. The molecule has 2 amide bonds. The number of aromatic nitrogens is 2. The van der Waals surface area contributed by atoms with Crippen LogP contribution in [0, 0.1) is 0 Å². The molecule has 2 aromatic rings. The van der Waals surface area contributed by atoms with Crippen LogP contribution in [0.5, 0.6) is 0 Å². The van der Waals surface area contributed by atoms with Gasteiger partial charge in [0.1, 0.15) is 5.52 Å². The minimum atomic E-state index is -0.0384. The summed E-state index contributed by atoms with van der Waals surface area (Å²) in [4.78, 5) is 21.8. The van der Waals surface area contributed by atoms with Gasteiger partial charge in [0.25, 0.3) is 0 Å². The number of nitrogens with one attached hydrogen (secondary N) is 3. The van der Waals surface area contributed by atoms with Crippen LogP contribution >= 0.6 is 0 Å². The number of pyridine rings is 1. The van der Waals surface area contributed by atoms with Gasteiger partial charge in [-0.2, -0.15) is 0 Å². The van der Waals surface area contributed by atoms with Crippen LogP contribution in [0.15, 0.2) is 24.5 Å². The van der Waals surface area contributed by atoms with Crippen molar-refractivity contribution in [1.82, 2.24) is 20.2 Å². The number of H-pyrrole nitrogens is 1. The standard InChI is InChI=1S/C17H25N5O/c1-2-3-8-18-13-6-10-22(11-7-13)17(23)21-15-12-20-14-5-4-9-19-16(14)15/h4-5,9,12-13,18,20H,2-3,6-8,10-11H2,1H3,(H,21,23). The summed E-state index contributed by atoms with van der Waals surface area (Å²) in [6.45, 7) is 4.87. The molecule has 1 fully saturated rings. The summed E-state index contributed by atoms with van der Waals surface area (Å²) in [5.41, 5.74) is 2.48. The molecular formula is C17H25N5O. The van der Waals surface area contributed by atoms with Gasteiger partial charge in [0, 0.05) is 31.5 Å². The van der Waals surface area contributed by atoms with Gasteiger partial charge in [-0.3, -0.25) is 4.98 Å². The summed E-state index contributed by atoms with van der Waals surface area (Å²) in [7, 11) is 0. The van der Waals surface area contributed by atoms with E-state index in [9.17, 15) is 4.79 Å². The topological polar surface area (TPSA) is 73.1 Å². The molecule has 0 bridgehead atoms. The van der Waals surface area contributed by atoms with Gasteiger partial charge in [-0.25, -0.2) is 4.79 Å². The van der Waals surface area contributed by atoms with Crippen LogP contribution in [0.3, 0.4) is 0 Å². The Morgan fingerprint density at radius 1 is 1.43 bits per heavy atom. The molecule has 3 heterocycles. The predicted octanol–water partition coefficient (Wildman–Crippen LogP) is 2.95. The Hall–Kier alpha value is -2.08. The second kappa shape index (κ2) is 7.46. The zero-order valence-electron chi connectivity index (χ0n) is 13.6. The molecule has 1 saturated heterocycles. The van der Waals surface area contributed by atoms with E-state index in [0.29, 0.717) is 6.04 Å². The number of nitrogens with zero attached hydrogens (tertiary/aromatic N) is 2. The molecule has 3 N–H and O–H groups in total. The molecule has 0 spiro atoms. The smallest absolute Gasteiger partial charge is 0.321 e. The van der Waals surface area contributed by atoms with E-state index in [1.807, 2.05) is 17.0 Å². The molecule has 0 aliphatic carbocycles. The van der Waals surface area contributed by atoms with Crippen molar-refractivity contribution in [1.29, 1.82) is 0 Å². The van der Waals surface area contributed by atoms with Gasteiger partial charge in [-0.15, -0.1) is 0 Å². The zero-order chi connectivity index (χ0) is 16.1. The molecular weight excluding hydrogens is 290 g/mol. The maximum atomic E-state index is 12.4. The van der Waals surface area contributed by atoms with Crippen molar-refractivity contribution in [2.75, 3.05) is 25.0 Å². The van der Waals surface area contributed by atoms with E-state index in [4.69, 9.17) is 0 Å². The average molecular weight is 315 g/mol. The lowest BCUT2D eigenvalue weighted by molar-refractivity contribution is 0.189. The van der Waals surface area contributed by atoms with E-state index in [1.165, 1.54) is 12.8 Å². The van der Waals surface area contributed by atoms with Gasteiger partial charge < -0.3 is 20.5 Å². The van der Waals surface area contributed by atoms with Gasteiger partial charge in [-0.05, 0) is 37.9 Å². The molecule has 0 atom stereocenters. The molecule has 1 aliphatic heterocycles. The van der Waals surface area contributed by atoms with Gasteiger partial charge in [0.05, 0.1) is 11.2 Å². The van der Waals surface area contributed by atoms with Crippen LogP contribution in [-0.4, -0.2) is 46.6 Å². The molecule has 6 nitrogen and oxygen atoms in total. The number of piperidine rings is 1. The Balaban J connectivity index is 1.52. The lowest BCUT2D eigenvalue weighted by Gasteiger charge is -2.32. The molecule has 0 unspecified atom stereocenters. The van der Waals surface area contributed by atoms with Gasteiger partial charge in [0.2, 0.25) is 0 Å². The van der Waals surface area contributed by atoms with Crippen molar-refractivity contribution in [3.63, 3.8) is 0 Å². The fourth-order valence-corrected chi connectivity index (χ4v) is 3.01.